The topological polar surface area (TPSA) is 30.8 Å². The Morgan fingerprint density at radius 1 is 1.04 bits per heavy atom. The van der Waals surface area contributed by atoms with Crippen LogP contribution in [0.4, 0.5) is 0 Å². The summed E-state index contributed by atoms with van der Waals surface area (Å²) in [5.74, 6) is 1.48. The van der Waals surface area contributed by atoms with Crippen LogP contribution in [0.2, 0.25) is 0 Å². The Morgan fingerprint density at radius 2 is 1.92 bits per heavy atom. The van der Waals surface area contributed by atoms with Gasteiger partial charge in [0.1, 0.15) is 6.61 Å². The van der Waals surface area contributed by atoms with Gasteiger partial charge in [-0.15, -0.1) is 11.3 Å². The van der Waals surface area contributed by atoms with Crippen molar-refractivity contribution in [2.45, 2.75) is 13.0 Å². The molecule has 0 unspecified atom stereocenters. The number of benzene rings is 2. The van der Waals surface area contributed by atoms with Crippen LogP contribution >= 0.6 is 11.3 Å². The minimum absolute atomic E-state index is 0.511. The van der Waals surface area contributed by atoms with Gasteiger partial charge in [0.15, 0.2) is 11.5 Å². The van der Waals surface area contributed by atoms with Gasteiger partial charge in [-0.3, -0.25) is 4.99 Å². The van der Waals surface area contributed by atoms with Crippen molar-refractivity contribution in [2.24, 2.45) is 4.99 Å². The summed E-state index contributed by atoms with van der Waals surface area (Å²) in [6.07, 6.45) is 1.02. The van der Waals surface area contributed by atoms with Gasteiger partial charge in [0, 0.05) is 12.1 Å². The first-order chi connectivity index (χ1) is 12.3. The Kier molecular flexibility index (Phi) is 4.53. The van der Waals surface area contributed by atoms with Crippen molar-refractivity contribution in [1.82, 2.24) is 0 Å². The third kappa shape index (κ3) is 3.30. The lowest BCUT2D eigenvalue weighted by Gasteiger charge is -2.16. The van der Waals surface area contributed by atoms with E-state index in [4.69, 9.17) is 14.5 Å². The third-order valence-electron chi connectivity index (χ3n) is 4.29. The highest BCUT2D eigenvalue weighted by molar-refractivity contribution is 7.12. The highest BCUT2D eigenvalue weighted by Gasteiger charge is 2.18. The molecular weight excluding hydrogens is 330 g/mol. The molecule has 0 aliphatic carbocycles. The minimum atomic E-state index is 0.511. The van der Waals surface area contributed by atoms with Crippen molar-refractivity contribution in [3.63, 3.8) is 0 Å². The van der Waals surface area contributed by atoms with E-state index in [0.717, 1.165) is 41.3 Å². The molecule has 3 nitrogen and oxygen atoms in total. The van der Waals surface area contributed by atoms with E-state index in [0.29, 0.717) is 6.61 Å². The standard InChI is InChI=1S/C21H19NO2S/c1-23-18-8-7-17(20-21-16(9-11-22-20)10-12-25-21)13-19(18)24-14-15-5-3-2-4-6-15/h2-8,10,12-13H,9,11,14H2,1H3. The lowest BCUT2D eigenvalue weighted by atomic mass is 10.0. The van der Waals surface area contributed by atoms with Gasteiger partial charge < -0.3 is 9.47 Å². The number of hydrogen-bond donors (Lipinski definition) is 0. The van der Waals surface area contributed by atoms with Gasteiger partial charge in [0.2, 0.25) is 0 Å². The zero-order chi connectivity index (χ0) is 17.1. The molecular formula is C21H19NO2S. The Balaban J connectivity index is 1.63. The molecule has 126 valence electrons. The molecule has 0 saturated carbocycles. The first-order valence-electron chi connectivity index (χ1n) is 8.31. The van der Waals surface area contributed by atoms with E-state index in [1.165, 1.54) is 10.4 Å². The van der Waals surface area contributed by atoms with Crippen LogP contribution in [0.15, 0.2) is 65.0 Å². The van der Waals surface area contributed by atoms with E-state index >= 15 is 0 Å². The van der Waals surface area contributed by atoms with Crippen LogP contribution in [0.1, 0.15) is 21.6 Å². The van der Waals surface area contributed by atoms with E-state index in [1.54, 1.807) is 18.4 Å². The molecule has 3 aromatic rings. The summed E-state index contributed by atoms with van der Waals surface area (Å²) in [4.78, 5) is 6.03. The van der Waals surface area contributed by atoms with Crippen LogP contribution in [0.5, 0.6) is 11.5 Å². The second-order valence-electron chi connectivity index (χ2n) is 5.90. The van der Waals surface area contributed by atoms with Crippen molar-refractivity contribution in [3.05, 3.63) is 81.5 Å². The van der Waals surface area contributed by atoms with Crippen molar-refractivity contribution in [3.8, 4) is 11.5 Å². The van der Waals surface area contributed by atoms with Crippen molar-refractivity contribution in [2.75, 3.05) is 13.7 Å². The average Bonchev–Trinajstić information content (AvgIpc) is 3.16. The number of ether oxygens (including phenoxy) is 2. The molecule has 25 heavy (non-hydrogen) atoms. The Hall–Kier alpha value is -2.59. The number of nitrogens with zero attached hydrogens (tertiary/aromatic N) is 1. The van der Waals surface area contributed by atoms with Crippen LogP contribution < -0.4 is 9.47 Å². The van der Waals surface area contributed by atoms with Crippen molar-refractivity contribution >= 4 is 17.0 Å². The molecule has 0 atom stereocenters. The van der Waals surface area contributed by atoms with Gasteiger partial charge in [-0.05, 0) is 47.2 Å². The van der Waals surface area contributed by atoms with Gasteiger partial charge >= 0.3 is 0 Å². The predicted octanol–water partition coefficient (Wildman–Crippen LogP) is 4.73. The number of aliphatic imine (C=N–C) groups is 1. The SMILES string of the molecule is COc1ccc(C2=NCCc3ccsc32)cc1OCc1ccccc1. The predicted molar refractivity (Wildman–Crippen MR) is 102 cm³/mol. The van der Waals surface area contributed by atoms with Crippen molar-refractivity contribution < 1.29 is 9.47 Å². The number of rotatable bonds is 5. The maximum Gasteiger partial charge on any atom is 0.162 e. The molecule has 1 aromatic heterocycles. The van der Waals surface area contributed by atoms with E-state index in [1.807, 2.05) is 30.3 Å². The summed E-state index contributed by atoms with van der Waals surface area (Å²) < 4.78 is 11.5. The van der Waals surface area contributed by atoms with Gasteiger partial charge in [-0.25, -0.2) is 0 Å². The Morgan fingerprint density at radius 3 is 2.76 bits per heavy atom. The van der Waals surface area contributed by atoms with Gasteiger partial charge in [-0.1, -0.05) is 30.3 Å². The summed E-state index contributed by atoms with van der Waals surface area (Å²) in [5.41, 5.74) is 4.65. The zero-order valence-corrected chi connectivity index (χ0v) is 14.9. The summed E-state index contributed by atoms with van der Waals surface area (Å²) >= 11 is 1.75. The summed E-state index contributed by atoms with van der Waals surface area (Å²) in [7, 11) is 1.67. The van der Waals surface area contributed by atoms with E-state index < -0.39 is 0 Å². The molecule has 0 amide bonds. The molecule has 4 heteroatoms. The molecule has 0 bridgehead atoms. The molecule has 4 rings (SSSR count). The molecule has 1 aliphatic rings. The Labute approximate surface area is 151 Å². The molecule has 0 N–H and O–H groups in total. The second-order valence-corrected chi connectivity index (χ2v) is 6.81. The fourth-order valence-electron chi connectivity index (χ4n) is 2.99. The molecule has 1 aliphatic heterocycles. The van der Waals surface area contributed by atoms with Crippen LogP contribution in [0.3, 0.4) is 0 Å². The van der Waals surface area contributed by atoms with E-state index in [9.17, 15) is 0 Å². The monoisotopic (exact) mass is 349 g/mol. The normalized spacial score (nSPS) is 13.1. The molecule has 0 spiro atoms. The van der Waals surface area contributed by atoms with Crippen LogP contribution in [0.25, 0.3) is 0 Å². The number of methoxy groups -OCH3 is 1. The first-order valence-corrected chi connectivity index (χ1v) is 9.19. The van der Waals surface area contributed by atoms with Gasteiger partial charge in [-0.2, -0.15) is 0 Å². The zero-order valence-electron chi connectivity index (χ0n) is 14.1. The molecule has 0 fully saturated rings. The molecule has 0 saturated heterocycles. The molecule has 2 aromatic carbocycles. The van der Waals surface area contributed by atoms with Crippen LogP contribution in [-0.2, 0) is 13.0 Å². The number of fused-ring (bicyclic) bond motifs is 1. The lowest BCUT2D eigenvalue weighted by molar-refractivity contribution is 0.284. The smallest absolute Gasteiger partial charge is 0.162 e. The third-order valence-corrected chi connectivity index (χ3v) is 5.25. The fraction of sp³-hybridized carbons (Fsp3) is 0.190. The Bertz CT molecular complexity index is 899. The maximum absolute atomic E-state index is 6.04. The first kappa shape index (κ1) is 15.9. The van der Waals surface area contributed by atoms with E-state index in [-0.39, 0.29) is 0 Å². The molecule has 0 radical (unpaired) electrons. The van der Waals surface area contributed by atoms with E-state index in [2.05, 4.69) is 29.6 Å². The largest absolute Gasteiger partial charge is 0.493 e. The number of thiophene rings is 1. The number of hydrogen-bond acceptors (Lipinski definition) is 4. The summed E-state index contributed by atoms with van der Waals surface area (Å²) in [5, 5.41) is 2.14. The fourth-order valence-corrected chi connectivity index (χ4v) is 3.98. The van der Waals surface area contributed by atoms with Crippen LogP contribution in [0, 0.1) is 0 Å². The average molecular weight is 349 g/mol. The van der Waals surface area contributed by atoms with Crippen LogP contribution in [-0.4, -0.2) is 19.4 Å². The summed E-state index contributed by atoms with van der Waals surface area (Å²) in [6, 6.07) is 18.4. The summed E-state index contributed by atoms with van der Waals surface area (Å²) in [6.45, 7) is 1.35. The quantitative estimate of drug-likeness (QED) is 0.667. The highest BCUT2D eigenvalue weighted by Crippen LogP contribution is 2.32. The van der Waals surface area contributed by atoms with Crippen molar-refractivity contribution in [1.29, 1.82) is 0 Å². The maximum atomic E-state index is 6.04. The minimum Gasteiger partial charge on any atom is -0.493 e. The lowest BCUT2D eigenvalue weighted by Crippen LogP contribution is -2.11. The van der Waals surface area contributed by atoms with Gasteiger partial charge in [0.25, 0.3) is 0 Å². The highest BCUT2D eigenvalue weighted by atomic mass is 32.1. The second kappa shape index (κ2) is 7.11. The molecule has 2 heterocycles. The van der Waals surface area contributed by atoms with Gasteiger partial charge in [0.05, 0.1) is 17.7 Å².